The SMILES string of the molecule is O=C1CCN(Cc2ccccc2NS(=O)(=O)c2ccccc2)C(=O)N1Cc1ccc(Br)c(Br)c1. The van der Waals surface area contributed by atoms with E-state index < -0.39 is 16.1 Å². The minimum Gasteiger partial charge on any atom is -0.319 e. The Bertz CT molecular complexity index is 1330. The molecule has 3 aromatic rings. The Kier molecular flexibility index (Phi) is 7.39. The van der Waals surface area contributed by atoms with Crippen LogP contribution in [0.2, 0.25) is 0 Å². The van der Waals surface area contributed by atoms with Gasteiger partial charge >= 0.3 is 6.03 Å². The summed E-state index contributed by atoms with van der Waals surface area (Å²) in [5.41, 5.74) is 1.84. The number of halogens is 2. The fraction of sp³-hybridized carbons (Fsp3) is 0.167. The van der Waals surface area contributed by atoms with Gasteiger partial charge in [0, 0.05) is 28.5 Å². The highest BCUT2D eigenvalue weighted by Gasteiger charge is 2.32. The van der Waals surface area contributed by atoms with E-state index in [9.17, 15) is 18.0 Å². The van der Waals surface area contributed by atoms with Gasteiger partial charge in [0.05, 0.1) is 17.1 Å². The summed E-state index contributed by atoms with van der Waals surface area (Å²) in [6.45, 7) is 0.584. The number of sulfonamides is 1. The summed E-state index contributed by atoms with van der Waals surface area (Å²) in [5.74, 6) is -0.238. The van der Waals surface area contributed by atoms with E-state index in [1.54, 1.807) is 47.4 Å². The first-order chi connectivity index (χ1) is 16.2. The van der Waals surface area contributed by atoms with Gasteiger partial charge in [-0.15, -0.1) is 0 Å². The van der Waals surface area contributed by atoms with Crippen LogP contribution in [0.3, 0.4) is 0 Å². The second-order valence-corrected chi connectivity index (χ2v) is 11.1. The van der Waals surface area contributed by atoms with Crippen molar-refractivity contribution in [1.29, 1.82) is 0 Å². The highest BCUT2D eigenvalue weighted by Crippen LogP contribution is 2.27. The third-order valence-corrected chi connectivity index (χ3v) is 8.66. The molecule has 176 valence electrons. The maximum atomic E-state index is 13.2. The third-order valence-electron chi connectivity index (χ3n) is 5.40. The molecule has 7 nitrogen and oxygen atoms in total. The Hall–Kier alpha value is -2.69. The topological polar surface area (TPSA) is 86.8 Å². The molecule has 3 amide bonds. The zero-order valence-corrected chi connectivity index (χ0v) is 21.9. The Morgan fingerprint density at radius 2 is 1.56 bits per heavy atom. The van der Waals surface area contributed by atoms with Crippen LogP contribution in [0.25, 0.3) is 0 Å². The van der Waals surface area contributed by atoms with Gasteiger partial charge in [-0.2, -0.15) is 0 Å². The van der Waals surface area contributed by atoms with Crippen molar-refractivity contribution in [3.05, 3.63) is 92.9 Å². The van der Waals surface area contributed by atoms with E-state index in [1.807, 2.05) is 18.2 Å². The minimum atomic E-state index is -3.78. The van der Waals surface area contributed by atoms with Gasteiger partial charge in [-0.25, -0.2) is 13.2 Å². The molecule has 0 radical (unpaired) electrons. The van der Waals surface area contributed by atoms with Crippen molar-refractivity contribution < 1.29 is 18.0 Å². The van der Waals surface area contributed by atoms with Gasteiger partial charge in [0.1, 0.15) is 0 Å². The number of hydrogen-bond acceptors (Lipinski definition) is 4. The summed E-state index contributed by atoms with van der Waals surface area (Å²) in [6.07, 6.45) is 0.196. The lowest BCUT2D eigenvalue weighted by Crippen LogP contribution is -2.51. The van der Waals surface area contributed by atoms with Gasteiger partial charge in [0.2, 0.25) is 5.91 Å². The molecule has 1 aliphatic heterocycles. The van der Waals surface area contributed by atoms with E-state index in [0.717, 1.165) is 14.5 Å². The molecule has 0 atom stereocenters. The molecule has 1 aliphatic rings. The number of rotatable bonds is 7. The molecule has 0 spiro atoms. The maximum absolute atomic E-state index is 13.2. The van der Waals surface area contributed by atoms with E-state index in [4.69, 9.17) is 0 Å². The summed E-state index contributed by atoms with van der Waals surface area (Å²) in [7, 11) is -3.78. The van der Waals surface area contributed by atoms with Gasteiger partial charge in [-0.1, -0.05) is 42.5 Å². The average Bonchev–Trinajstić information content (AvgIpc) is 2.82. The number of anilines is 1. The van der Waals surface area contributed by atoms with Crippen molar-refractivity contribution in [2.24, 2.45) is 0 Å². The van der Waals surface area contributed by atoms with Gasteiger partial charge in [-0.3, -0.25) is 14.4 Å². The van der Waals surface area contributed by atoms with Crippen LogP contribution >= 0.6 is 31.9 Å². The van der Waals surface area contributed by atoms with Crippen LogP contribution in [0.5, 0.6) is 0 Å². The molecule has 0 aromatic heterocycles. The van der Waals surface area contributed by atoms with Crippen LogP contribution in [0.15, 0.2) is 86.6 Å². The lowest BCUT2D eigenvalue weighted by atomic mass is 10.1. The minimum absolute atomic E-state index is 0.149. The second-order valence-electron chi connectivity index (χ2n) is 7.76. The summed E-state index contributed by atoms with van der Waals surface area (Å²) in [6, 6.07) is 20.2. The molecule has 3 aromatic carbocycles. The third kappa shape index (κ3) is 5.51. The normalized spacial score (nSPS) is 14.4. The number of imide groups is 1. The molecule has 0 aliphatic carbocycles. The van der Waals surface area contributed by atoms with Crippen molar-refractivity contribution in [1.82, 2.24) is 9.80 Å². The van der Waals surface area contributed by atoms with Crippen molar-refractivity contribution >= 4 is 59.5 Å². The van der Waals surface area contributed by atoms with Gasteiger partial charge in [-0.05, 0) is 73.3 Å². The highest BCUT2D eigenvalue weighted by atomic mass is 79.9. The smallest absolute Gasteiger partial charge is 0.319 e. The fourth-order valence-corrected chi connectivity index (χ4v) is 5.42. The van der Waals surface area contributed by atoms with Gasteiger partial charge < -0.3 is 4.90 Å². The number of urea groups is 1. The molecule has 1 N–H and O–H groups in total. The number of benzene rings is 3. The van der Waals surface area contributed by atoms with Crippen LogP contribution in [0.1, 0.15) is 17.5 Å². The Labute approximate surface area is 215 Å². The molecule has 4 rings (SSSR count). The number of hydrogen-bond donors (Lipinski definition) is 1. The molecule has 0 bridgehead atoms. The number of nitrogens with zero attached hydrogens (tertiary/aromatic N) is 2. The van der Waals surface area contributed by atoms with Crippen LogP contribution < -0.4 is 4.72 Å². The molecule has 1 saturated heterocycles. The number of para-hydroxylation sites is 1. The molecular weight excluding hydrogens is 586 g/mol. The monoisotopic (exact) mass is 605 g/mol. The zero-order chi connectivity index (χ0) is 24.3. The Morgan fingerprint density at radius 1 is 0.853 bits per heavy atom. The van der Waals surface area contributed by atoms with E-state index in [2.05, 4.69) is 36.6 Å². The van der Waals surface area contributed by atoms with Crippen molar-refractivity contribution in [3.8, 4) is 0 Å². The predicted octanol–water partition coefficient (Wildman–Crippen LogP) is 5.37. The molecule has 1 fully saturated rings. The van der Waals surface area contributed by atoms with E-state index in [1.165, 1.54) is 17.0 Å². The fourth-order valence-electron chi connectivity index (χ4n) is 3.63. The van der Waals surface area contributed by atoms with E-state index in [-0.39, 0.29) is 36.9 Å². The summed E-state index contributed by atoms with van der Waals surface area (Å²) < 4.78 is 29.9. The standard InChI is InChI=1S/C24H21Br2N3O4S/c25-20-11-10-17(14-21(20)26)15-29-23(30)12-13-28(24(29)31)16-18-6-4-5-9-22(18)27-34(32,33)19-7-2-1-3-8-19/h1-11,14,27H,12-13,15-16H2. The van der Waals surface area contributed by atoms with Crippen LogP contribution in [0.4, 0.5) is 10.5 Å². The summed E-state index contributed by atoms with van der Waals surface area (Å²) in [5, 5.41) is 0. The first kappa shape index (κ1) is 24.4. The number of carbonyl (C=O) groups is 2. The number of nitrogens with one attached hydrogen (secondary N) is 1. The van der Waals surface area contributed by atoms with Crippen molar-refractivity contribution in [2.45, 2.75) is 24.4 Å². The number of carbonyl (C=O) groups excluding carboxylic acids is 2. The molecule has 34 heavy (non-hydrogen) atoms. The van der Waals surface area contributed by atoms with Crippen molar-refractivity contribution in [2.75, 3.05) is 11.3 Å². The van der Waals surface area contributed by atoms with E-state index >= 15 is 0 Å². The summed E-state index contributed by atoms with van der Waals surface area (Å²) >= 11 is 6.86. The van der Waals surface area contributed by atoms with E-state index in [0.29, 0.717) is 11.3 Å². The molecular formula is C24H21Br2N3O4S. The average molecular weight is 607 g/mol. The Morgan fingerprint density at radius 3 is 2.29 bits per heavy atom. The maximum Gasteiger partial charge on any atom is 0.327 e. The molecule has 1 heterocycles. The predicted molar refractivity (Wildman–Crippen MR) is 137 cm³/mol. The first-order valence-electron chi connectivity index (χ1n) is 10.4. The first-order valence-corrected chi connectivity index (χ1v) is 13.5. The van der Waals surface area contributed by atoms with Crippen molar-refractivity contribution in [3.63, 3.8) is 0 Å². The zero-order valence-electron chi connectivity index (χ0n) is 17.9. The largest absolute Gasteiger partial charge is 0.327 e. The highest BCUT2D eigenvalue weighted by molar-refractivity contribution is 9.13. The van der Waals surface area contributed by atoms with Crippen LogP contribution in [0, 0.1) is 0 Å². The molecule has 0 saturated carbocycles. The lowest BCUT2D eigenvalue weighted by molar-refractivity contribution is -0.131. The molecule has 10 heteroatoms. The Balaban J connectivity index is 1.53. The second kappa shape index (κ2) is 10.3. The van der Waals surface area contributed by atoms with Crippen LogP contribution in [-0.4, -0.2) is 36.7 Å². The van der Waals surface area contributed by atoms with Gasteiger partial charge in [0.15, 0.2) is 0 Å². The quantitative estimate of drug-likeness (QED) is 0.392. The molecule has 0 unspecified atom stereocenters. The van der Waals surface area contributed by atoms with Gasteiger partial charge in [0.25, 0.3) is 10.0 Å². The lowest BCUT2D eigenvalue weighted by Gasteiger charge is -2.34. The summed E-state index contributed by atoms with van der Waals surface area (Å²) in [4.78, 5) is 28.7. The number of amides is 3. The van der Waals surface area contributed by atoms with Crippen LogP contribution in [-0.2, 0) is 27.9 Å².